The van der Waals surface area contributed by atoms with Crippen LogP contribution in [0.2, 0.25) is 0 Å². The second kappa shape index (κ2) is 74.7. The first-order valence-corrected chi connectivity index (χ1v) is 38.7. The Hall–Kier alpha value is -8.00. The normalized spacial score (nSPS) is 9.55. The first-order valence-electron chi connectivity index (χ1n) is 38.7. The largest absolute Gasteiger partial charge is 0.265 e. The lowest BCUT2D eigenvalue weighted by atomic mass is 9.92. The number of pyridine rings is 3. The van der Waals surface area contributed by atoms with Gasteiger partial charge in [0.2, 0.25) is 0 Å². The summed E-state index contributed by atoms with van der Waals surface area (Å²) in [4.78, 5) is 40.6. The van der Waals surface area contributed by atoms with Crippen LogP contribution in [-0.4, -0.2) is 70.2 Å². The van der Waals surface area contributed by atoms with E-state index >= 15 is 0 Å². The summed E-state index contributed by atoms with van der Waals surface area (Å²) in [5.74, 6) is 4.01. The summed E-state index contributed by atoms with van der Waals surface area (Å²) in [6, 6.07) is 32.4. The van der Waals surface area contributed by atoms with Gasteiger partial charge in [0.15, 0.2) is 5.82 Å². The molecule has 0 bridgehead atoms. The second-order valence-electron chi connectivity index (χ2n) is 26.4. The van der Waals surface area contributed by atoms with Crippen LogP contribution in [0.4, 0.5) is 0 Å². The Morgan fingerprint density at radius 1 is 0.231 bits per heavy atom. The fourth-order valence-corrected chi connectivity index (χ4v) is 6.43. The standard InChI is InChI=1S/C9H13N.C9H12.3C8H12N2.2C8H11N.C7H11N3.C7H10N2.9C2H6/c1-9(2,3)8-6-4-5-7-10-8;1-8(2)9-6-4-3-5-7-9;1-8(2,3)7-6-9-4-5-10-7;1-8(2,3)7-4-5-9-6-10-7;1-8(2,3)7-5-4-6-9-10-7;1-7(2)8-3-5-9-6-4-8;1-7(2)8-4-3-5-9-6-8;1-7(2,3)6-8-4-5-9-10-6;1-6(2)7-8-4-3-5-9-7;9*1-2/h4-7H,1-3H3;3-8H,1-2H3;3*4-6H,1-3H3;2*3-7H,1-2H3;4-5H,1-3H3;3-6H,1-2H3;9*1-2H3. The molecule has 0 amide bonds. The molecule has 588 valence electrons. The monoisotopic (exact) mass is 1440 g/mol. The van der Waals surface area contributed by atoms with Gasteiger partial charge < -0.3 is 0 Å². The molecule has 0 atom stereocenters. The summed E-state index contributed by atoms with van der Waals surface area (Å²) in [7, 11) is 0. The van der Waals surface area contributed by atoms with E-state index in [1.165, 1.54) is 16.7 Å². The Morgan fingerprint density at radius 2 is 0.615 bits per heavy atom. The SMILES string of the molecule is CC.CC.CC.CC.CC.CC.CC.CC.CC.CC(C)(C)c1ccccn1.CC(C)(C)c1cccnn1.CC(C)(C)c1ccncn1.CC(C)(C)c1cnccn1.CC(C)(C)c1nccnn1.CC(C)c1ccccc1.CC(C)c1cccnc1.CC(C)c1ccncc1.CC(C)c1ncccn1. The first kappa shape index (κ1) is 114. The van der Waals surface area contributed by atoms with Crippen molar-refractivity contribution in [2.75, 3.05) is 0 Å². The molecule has 0 aliphatic heterocycles. The maximum atomic E-state index is 4.25. The fraction of sp³-hybridized carbons (Fsp3) is 0.556. The average Bonchev–Trinajstić information content (AvgIpc) is 0.896. The zero-order chi connectivity index (χ0) is 82.8. The van der Waals surface area contributed by atoms with Gasteiger partial charge in [0.05, 0.1) is 17.6 Å². The summed E-state index contributed by atoms with van der Waals surface area (Å²) < 4.78 is 0. The molecule has 9 aromatic rings. The van der Waals surface area contributed by atoms with Crippen LogP contribution in [0, 0.1) is 0 Å². The van der Waals surface area contributed by atoms with E-state index in [9.17, 15) is 0 Å². The van der Waals surface area contributed by atoms with Gasteiger partial charge in [-0.1, -0.05) is 326 Å². The number of hydrogen-bond acceptors (Lipinski definition) is 14. The molecule has 0 fully saturated rings. The maximum Gasteiger partial charge on any atom is 0.156 e. The quantitative estimate of drug-likeness (QED) is 0.162. The van der Waals surface area contributed by atoms with Gasteiger partial charge >= 0.3 is 0 Å². The smallest absolute Gasteiger partial charge is 0.156 e. The van der Waals surface area contributed by atoms with Gasteiger partial charge in [-0.05, 0) is 89.0 Å². The van der Waals surface area contributed by atoms with Crippen molar-refractivity contribution in [3.05, 3.63) is 241 Å². The van der Waals surface area contributed by atoms with Crippen LogP contribution in [-0.2, 0) is 27.1 Å². The summed E-state index contributed by atoms with van der Waals surface area (Å²) >= 11 is 0. The van der Waals surface area contributed by atoms with Gasteiger partial charge in [-0.3, -0.25) is 24.9 Å². The van der Waals surface area contributed by atoms with E-state index in [1.54, 1.807) is 68.3 Å². The fourth-order valence-electron chi connectivity index (χ4n) is 6.43. The number of hydrogen-bond donors (Lipinski definition) is 0. The van der Waals surface area contributed by atoms with Crippen molar-refractivity contribution in [2.45, 2.75) is 335 Å². The summed E-state index contributed by atoms with van der Waals surface area (Å²) in [5.41, 5.74) is 8.95. The van der Waals surface area contributed by atoms with Crippen molar-refractivity contribution in [2.24, 2.45) is 0 Å². The van der Waals surface area contributed by atoms with E-state index in [0.717, 1.165) is 34.4 Å². The Morgan fingerprint density at radius 3 is 0.875 bits per heavy atom. The van der Waals surface area contributed by atoms with Gasteiger partial charge in [-0.15, -0.1) is 5.10 Å². The van der Waals surface area contributed by atoms with Crippen LogP contribution in [0.1, 0.15) is 359 Å². The lowest BCUT2D eigenvalue weighted by molar-refractivity contribution is 0.533. The molecule has 0 aliphatic carbocycles. The maximum absolute atomic E-state index is 4.25. The van der Waals surface area contributed by atoms with Crippen LogP contribution < -0.4 is 0 Å². The molecule has 8 heterocycles. The molecule has 0 spiro atoms. The lowest BCUT2D eigenvalue weighted by Crippen LogP contribution is -2.15. The van der Waals surface area contributed by atoms with E-state index in [-0.39, 0.29) is 27.1 Å². The second-order valence-corrected chi connectivity index (χ2v) is 26.4. The highest BCUT2D eigenvalue weighted by atomic mass is 15.1. The van der Waals surface area contributed by atoms with Crippen LogP contribution in [0.25, 0.3) is 0 Å². The molecule has 0 saturated heterocycles. The van der Waals surface area contributed by atoms with Crippen molar-refractivity contribution in [3.8, 4) is 0 Å². The van der Waals surface area contributed by atoms with Crippen LogP contribution in [0.15, 0.2) is 190 Å². The molecule has 8 aromatic heterocycles. The van der Waals surface area contributed by atoms with E-state index < -0.39 is 0 Å². The van der Waals surface area contributed by atoms with E-state index in [0.29, 0.717) is 23.7 Å². The molecular formula is C90H158N14. The lowest BCUT2D eigenvalue weighted by Gasteiger charge is -2.16. The third kappa shape index (κ3) is 67.2. The molecule has 0 saturated carbocycles. The van der Waals surface area contributed by atoms with Crippen LogP contribution >= 0.6 is 0 Å². The zero-order valence-electron chi connectivity index (χ0n) is 74.5. The van der Waals surface area contributed by atoms with E-state index in [1.807, 2.05) is 210 Å². The molecular weight excluding hydrogens is 1280 g/mol. The highest BCUT2D eigenvalue weighted by Gasteiger charge is 2.18. The number of aromatic nitrogens is 14. The topological polar surface area (TPSA) is 180 Å². The van der Waals surface area contributed by atoms with Crippen LogP contribution in [0.5, 0.6) is 0 Å². The number of benzene rings is 1. The molecule has 9 rings (SSSR count). The van der Waals surface area contributed by atoms with Gasteiger partial charge in [0, 0.05) is 125 Å². The number of rotatable bonds is 4. The molecule has 104 heavy (non-hydrogen) atoms. The van der Waals surface area contributed by atoms with Gasteiger partial charge in [0.25, 0.3) is 0 Å². The molecule has 0 unspecified atom stereocenters. The van der Waals surface area contributed by atoms with Crippen molar-refractivity contribution in [3.63, 3.8) is 0 Å². The molecule has 0 N–H and O–H groups in total. The Kier molecular flexibility index (Phi) is 82.2. The predicted octanol–water partition coefficient (Wildman–Crippen LogP) is 26.9. The minimum absolute atomic E-state index is 0.00819. The van der Waals surface area contributed by atoms with Crippen molar-refractivity contribution >= 4 is 0 Å². The Balaban J connectivity index is -0.000000136. The highest BCUT2D eigenvalue weighted by molar-refractivity contribution is 5.18. The summed E-state index contributed by atoms with van der Waals surface area (Å²) in [6.45, 7) is 85.0. The highest BCUT2D eigenvalue weighted by Crippen LogP contribution is 2.21. The van der Waals surface area contributed by atoms with Crippen LogP contribution in [0.3, 0.4) is 0 Å². The van der Waals surface area contributed by atoms with Crippen molar-refractivity contribution in [1.82, 2.24) is 70.2 Å². The first-order chi connectivity index (χ1) is 49.2. The molecule has 1 aromatic carbocycles. The minimum Gasteiger partial charge on any atom is -0.265 e. The van der Waals surface area contributed by atoms with Gasteiger partial charge in [-0.25, -0.2) is 24.9 Å². The summed E-state index contributed by atoms with van der Waals surface area (Å²) in [6.07, 6.45) is 26.2. The zero-order valence-corrected chi connectivity index (χ0v) is 74.5. The molecule has 0 aliphatic rings. The third-order valence-electron chi connectivity index (χ3n) is 11.9. The van der Waals surface area contributed by atoms with Crippen molar-refractivity contribution < 1.29 is 0 Å². The van der Waals surface area contributed by atoms with Crippen molar-refractivity contribution in [1.29, 1.82) is 0 Å². The minimum atomic E-state index is 0.00819. The van der Waals surface area contributed by atoms with Gasteiger partial charge in [0.1, 0.15) is 12.2 Å². The molecule has 14 nitrogen and oxygen atoms in total. The number of nitrogens with zero attached hydrogens (tertiary/aromatic N) is 14. The Bertz CT molecular complexity index is 2540. The van der Waals surface area contributed by atoms with Gasteiger partial charge in [-0.2, -0.15) is 15.3 Å². The molecule has 14 heteroatoms. The summed E-state index contributed by atoms with van der Waals surface area (Å²) in [5, 5.41) is 15.4. The average molecular weight is 1440 g/mol. The van der Waals surface area contributed by atoms with E-state index in [2.05, 4.69) is 266 Å². The Labute approximate surface area is 642 Å². The van der Waals surface area contributed by atoms with E-state index in [4.69, 9.17) is 0 Å². The third-order valence-corrected chi connectivity index (χ3v) is 11.9. The predicted molar refractivity (Wildman–Crippen MR) is 459 cm³/mol. The molecule has 0 radical (unpaired) electrons.